The van der Waals surface area contributed by atoms with Crippen molar-refractivity contribution in [1.29, 1.82) is 0 Å². The molecule has 0 spiro atoms. The summed E-state index contributed by atoms with van der Waals surface area (Å²) in [5, 5.41) is 12.6. The molecule has 0 saturated carbocycles. The first-order valence-electron chi connectivity index (χ1n) is 5.43. The van der Waals surface area contributed by atoms with E-state index in [1.165, 1.54) is 0 Å². The van der Waals surface area contributed by atoms with Gasteiger partial charge in [-0.2, -0.15) is 5.10 Å². The molecule has 0 saturated heterocycles. The van der Waals surface area contributed by atoms with Gasteiger partial charge in [-0.1, -0.05) is 29.8 Å². The van der Waals surface area contributed by atoms with E-state index < -0.39 is 0 Å². The highest BCUT2D eigenvalue weighted by molar-refractivity contribution is 6.29. The van der Waals surface area contributed by atoms with E-state index in [-0.39, 0.29) is 0 Å². The van der Waals surface area contributed by atoms with Gasteiger partial charge in [0.1, 0.15) is 5.69 Å². The fourth-order valence-electron chi connectivity index (χ4n) is 1.72. The van der Waals surface area contributed by atoms with Gasteiger partial charge in [0, 0.05) is 0 Å². The molecule has 2 heterocycles. The number of aromatic nitrogens is 4. The van der Waals surface area contributed by atoms with Crippen LogP contribution in [0, 0.1) is 0 Å². The third-order valence-corrected chi connectivity index (χ3v) is 2.74. The Bertz CT molecular complexity index is 646. The molecule has 4 nitrogen and oxygen atoms in total. The second-order valence-corrected chi connectivity index (χ2v) is 4.09. The minimum atomic E-state index is 0.379. The summed E-state index contributed by atoms with van der Waals surface area (Å²) in [5.74, 6) is 0. The molecular weight excluding hydrogens is 248 g/mol. The quantitative estimate of drug-likeness (QED) is 0.708. The lowest BCUT2D eigenvalue weighted by molar-refractivity contribution is 0.877. The smallest absolute Gasteiger partial charge is 0.151 e. The van der Waals surface area contributed by atoms with Crippen LogP contribution in [0.3, 0.4) is 0 Å². The van der Waals surface area contributed by atoms with Gasteiger partial charge in [0.2, 0.25) is 0 Å². The first-order valence-corrected chi connectivity index (χ1v) is 5.81. The molecule has 0 radical (unpaired) electrons. The first-order chi connectivity index (χ1) is 8.84. The maximum Gasteiger partial charge on any atom is 0.151 e. The Kier molecular flexibility index (Phi) is 2.78. The van der Waals surface area contributed by atoms with Crippen molar-refractivity contribution in [1.82, 2.24) is 20.0 Å². The van der Waals surface area contributed by atoms with Crippen LogP contribution in [0.15, 0.2) is 54.7 Å². The third kappa shape index (κ3) is 1.98. The molecule has 18 heavy (non-hydrogen) atoms. The lowest BCUT2D eigenvalue weighted by Crippen LogP contribution is -2.00. The zero-order chi connectivity index (χ0) is 12.4. The Labute approximate surface area is 109 Å². The van der Waals surface area contributed by atoms with E-state index in [1.807, 2.05) is 47.1 Å². The van der Waals surface area contributed by atoms with E-state index in [2.05, 4.69) is 15.3 Å². The maximum absolute atomic E-state index is 5.73. The minimum Gasteiger partial charge on any atom is -0.231 e. The molecule has 3 rings (SSSR count). The Hall–Kier alpha value is -2.20. The van der Waals surface area contributed by atoms with E-state index >= 15 is 0 Å². The van der Waals surface area contributed by atoms with Crippen molar-refractivity contribution < 1.29 is 0 Å². The second kappa shape index (κ2) is 4.58. The molecule has 0 aliphatic heterocycles. The zero-order valence-corrected chi connectivity index (χ0v) is 10.1. The van der Waals surface area contributed by atoms with Crippen LogP contribution in [0.25, 0.3) is 17.1 Å². The predicted octanol–water partition coefficient (Wildman–Crippen LogP) is 2.98. The van der Waals surface area contributed by atoms with Crippen LogP contribution in [-0.4, -0.2) is 20.0 Å². The summed E-state index contributed by atoms with van der Waals surface area (Å²) in [6.45, 7) is 0. The summed E-state index contributed by atoms with van der Waals surface area (Å²) >= 11 is 5.73. The lowest BCUT2D eigenvalue weighted by Gasteiger charge is -2.06. The van der Waals surface area contributed by atoms with E-state index in [9.17, 15) is 0 Å². The Morgan fingerprint density at radius 2 is 1.72 bits per heavy atom. The average molecular weight is 257 g/mol. The number of nitrogens with zero attached hydrogens (tertiary/aromatic N) is 4. The summed E-state index contributed by atoms with van der Waals surface area (Å²) in [6, 6.07) is 15.3. The van der Waals surface area contributed by atoms with Gasteiger partial charge >= 0.3 is 0 Å². The first kappa shape index (κ1) is 10.9. The summed E-state index contributed by atoms with van der Waals surface area (Å²) in [6.07, 6.45) is 1.73. The molecule has 0 N–H and O–H groups in total. The molecule has 0 atom stereocenters. The molecule has 0 amide bonds. The van der Waals surface area contributed by atoms with Gasteiger partial charge in [-0.05, 0) is 30.3 Å². The van der Waals surface area contributed by atoms with Crippen LogP contribution in [-0.2, 0) is 0 Å². The Balaban J connectivity index is 2.10. The number of benzene rings is 1. The van der Waals surface area contributed by atoms with Gasteiger partial charge in [-0.3, -0.25) is 0 Å². The number of hydrogen-bond donors (Lipinski definition) is 0. The summed E-state index contributed by atoms with van der Waals surface area (Å²) in [5.41, 5.74) is 2.60. The van der Waals surface area contributed by atoms with Crippen LogP contribution >= 0.6 is 11.6 Å². The van der Waals surface area contributed by atoms with Crippen molar-refractivity contribution >= 4 is 11.6 Å². The molecule has 0 fully saturated rings. The summed E-state index contributed by atoms with van der Waals surface area (Å²) < 4.78 is 1.82. The van der Waals surface area contributed by atoms with Crippen LogP contribution in [0.1, 0.15) is 0 Å². The summed E-state index contributed by atoms with van der Waals surface area (Å²) in [4.78, 5) is 0. The largest absolute Gasteiger partial charge is 0.231 e. The molecule has 3 aromatic rings. The van der Waals surface area contributed by atoms with Crippen molar-refractivity contribution in [2.75, 3.05) is 0 Å². The fourth-order valence-corrected chi connectivity index (χ4v) is 1.83. The topological polar surface area (TPSA) is 43.6 Å². The molecular formula is C13H9ClN4. The standard InChI is InChI=1S/C13H9ClN4/c14-13-7-6-11(16-17-13)12-8-9-15-18(12)10-4-2-1-3-5-10/h1-9H. The van der Waals surface area contributed by atoms with Crippen molar-refractivity contribution in [2.24, 2.45) is 0 Å². The monoisotopic (exact) mass is 256 g/mol. The normalized spacial score (nSPS) is 10.5. The van der Waals surface area contributed by atoms with Crippen LogP contribution in [0.4, 0.5) is 0 Å². The highest BCUT2D eigenvalue weighted by atomic mass is 35.5. The van der Waals surface area contributed by atoms with Crippen molar-refractivity contribution in [3.63, 3.8) is 0 Å². The fraction of sp³-hybridized carbons (Fsp3) is 0. The van der Waals surface area contributed by atoms with E-state index in [1.54, 1.807) is 12.3 Å². The highest BCUT2D eigenvalue weighted by Crippen LogP contribution is 2.20. The third-order valence-electron chi connectivity index (χ3n) is 2.54. The van der Waals surface area contributed by atoms with Gasteiger partial charge < -0.3 is 0 Å². The molecule has 5 heteroatoms. The predicted molar refractivity (Wildman–Crippen MR) is 69.6 cm³/mol. The molecule has 0 aliphatic carbocycles. The van der Waals surface area contributed by atoms with E-state index in [0.717, 1.165) is 17.1 Å². The van der Waals surface area contributed by atoms with Gasteiger partial charge in [0.05, 0.1) is 17.6 Å². The van der Waals surface area contributed by atoms with Crippen molar-refractivity contribution in [3.05, 3.63) is 59.9 Å². The zero-order valence-electron chi connectivity index (χ0n) is 9.36. The van der Waals surface area contributed by atoms with Crippen LogP contribution in [0.2, 0.25) is 5.15 Å². The second-order valence-electron chi connectivity index (χ2n) is 3.71. The number of hydrogen-bond acceptors (Lipinski definition) is 3. The SMILES string of the molecule is Clc1ccc(-c2ccnn2-c2ccccc2)nn1. The average Bonchev–Trinajstić information content (AvgIpc) is 2.90. The van der Waals surface area contributed by atoms with Crippen molar-refractivity contribution in [3.8, 4) is 17.1 Å². The van der Waals surface area contributed by atoms with Gasteiger partial charge in [-0.15, -0.1) is 10.2 Å². The van der Waals surface area contributed by atoms with Gasteiger partial charge in [0.15, 0.2) is 5.15 Å². The molecule has 0 aliphatic rings. The van der Waals surface area contributed by atoms with E-state index in [4.69, 9.17) is 11.6 Å². The van der Waals surface area contributed by atoms with Gasteiger partial charge in [0.25, 0.3) is 0 Å². The van der Waals surface area contributed by atoms with Gasteiger partial charge in [-0.25, -0.2) is 4.68 Å². The maximum atomic E-state index is 5.73. The van der Waals surface area contributed by atoms with Crippen molar-refractivity contribution in [2.45, 2.75) is 0 Å². The van der Waals surface area contributed by atoms with E-state index in [0.29, 0.717) is 5.15 Å². The number of halogens is 1. The minimum absolute atomic E-state index is 0.379. The molecule has 0 bridgehead atoms. The van der Waals surface area contributed by atoms with Crippen LogP contribution < -0.4 is 0 Å². The molecule has 2 aromatic heterocycles. The molecule has 0 unspecified atom stereocenters. The van der Waals surface area contributed by atoms with Crippen LogP contribution in [0.5, 0.6) is 0 Å². The number of rotatable bonds is 2. The molecule has 88 valence electrons. The highest BCUT2D eigenvalue weighted by Gasteiger charge is 2.08. The number of para-hydroxylation sites is 1. The lowest BCUT2D eigenvalue weighted by atomic mass is 10.2. The Morgan fingerprint density at radius 1 is 0.889 bits per heavy atom. The Morgan fingerprint density at radius 3 is 2.44 bits per heavy atom. The molecule has 1 aromatic carbocycles. The summed E-state index contributed by atoms with van der Waals surface area (Å²) in [7, 11) is 0.